The SMILES string of the molecule is Cn1c(=O)cnc2c(O)cccc21. The highest BCUT2D eigenvalue weighted by molar-refractivity contribution is 5.80. The molecular formula is C9H8N2O2. The van der Waals surface area contributed by atoms with Crippen LogP contribution in [-0.4, -0.2) is 14.7 Å². The summed E-state index contributed by atoms with van der Waals surface area (Å²) >= 11 is 0. The molecule has 1 heterocycles. The maximum Gasteiger partial charge on any atom is 0.269 e. The first-order valence-electron chi connectivity index (χ1n) is 3.84. The van der Waals surface area contributed by atoms with Crippen molar-refractivity contribution in [1.82, 2.24) is 9.55 Å². The van der Waals surface area contributed by atoms with Crippen molar-refractivity contribution < 1.29 is 5.11 Å². The molecule has 0 unspecified atom stereocenters. The smallest absolute Gasteiger partial charge is 0.269 e. The van der Waals surface area contributed by atoms with E-state index < -0.39 is 0 Å². The average Bonchev–Trinajstić information content (AvgIpc) is 2.12. The zero-order chi connectivity index (χ0) is 9.42. The molecule has 2 rings (SSSR count). The quantitative estimate of drug-likeness (QED) is 0.640. The summed E-state index contributed by atoms with van der Waals surface area (Å²) in [6.45, 7) is 0. The molecule has 2 aromatic rings. The van der Waals surface area contributed by atoms with Gasteiger partial charge in [-0.15, -0.1) is 0 Å². The van der Waals surface area contributed by atoms with Crippen molar-refractivity contribution in [3.05, 3.63) is 34.7 Å². The van der Waals surface area contributed by atoms with Crippen molar-refractivity contribution >= 4 is 11.0 Å². The van der Waals surface area contributed by atoms with E-state index in [0.29, 0.717) is 11.0 Å². The van der Waals surface area contributed by atoms with Crippen molar-refractivity contribution in [1.29, 1.82) is 0 Å². The van der Waals surface area contributed by atoms with Gasteiger partial charge in [-0.3, -0.25) is 4.79 Å². The van der Waals surface area contributed by atoms with Crippen LogP contribution in [0.5, 0.6) is 5.75 Å². The third-order valence-corrected chi connectivity index (χ3v) is 1.99. The Morgan fingerprint density at radius 2 is 2.23 bits per heavy atom. The van der Waals surface area contributed by atoms with E-state index in [1.165, 1.54) is 10.8 Å². The van der Waals surface area contributed by atoms with Gasteiger partial charge in [-0.25, -0.2) is 4.98 Å². The summed E-state index contributed by atoms with van der Waals surface area (Å²) in [4.78, 5) is 15.0. The number of benzene rings is 1. The highest BCUT2D eigenvalue weighted by atomic mass is 16.3. The number of aromatic nitrogens is 2. The molecular weight excluding hydrogens is 168 g/mol. The Labute approximate surface area is 74.1 Å². The summed E-state index contributed by atoms with van der Waals surface area (Å²) in [6.07, 6.45) is 1.20. The number of aryl methyl sites for hydroxylation is 1. The Morgan fingerprint density at radius 1 is 1.46 bits per heavy atom. The van der Waals surface area contributed by atoms with Crippen LogP contribution in [0, 0.1) is 0 Å². The van der Waals surface area contributed by atoms with Gasteiger partial charge in [0, 0.05) is 7.05 Å². The molecule has 1 aromatic heterocycles. The van der Waals surface area contributed by atoms with Crippen LogP contribution in [0.25, 0.3) is 11.0 Å². The van der Waals surface area contributed by atoms with E-state index in [2.05, 4.69) is 4.98 Å². The second-order valence-corrected chi connectivity index (χ2v) is 2.80. The molecule has 0 aliphatic rings. The first-order chi connectivity index (χ1) is 6.20. The predicted molar refractivity (Wildman–Crippen MR) is 48.6 cm³/mol. The summed E-state index contributed by atoms with van der Waals surface area (Å²) in [7, 11) is 1.64. The molecule has 4 heteroatoms. The number of phenols is 1. The van der Waals surface area contributed by atoms with E-state index >= 15 is 0 Å². The largest absolute Gasteiger partial charge is 0.506 e. The molecule has 0 radical (unpaired) electrons. The average molecular weight is 176 g/mol. The Kier molecular flexibility index (Phi) is 1.55. The molecule has 0 aliphatic heterocycles. The van der Waals surface area contributed by atoms with Crippen molar-refractivity contribution in [2.75, 3.05) is 0 Å². The number of fused-ring (bicyclic) bond motifs is 1. The van der Waals surface area contributed by atoms with Crippen molar-refractivity contribution in [2.24, 2.45) is 7.05 Å². The lowest BCUT2D eigenvalue weighted by Crippen LogP contribution is -2.16. The number of aromatic hydroxyl groups is 1. The lowest BCUT2D eigenvalue weighted by Gasteiger charge is -2.03. The van der Waals surface area contributed by atoms with Crippen LogP contribution < -0.4 is 5.56 Å². The molecule has 0 spiro atoms. The summed E-state index contributed by atoms with van der Waals surface area (Å²) in [5, 5.41) is 9.41. The monoisotopic (exact) mass is 176 g/mol. The van der Waals surface area contributed by atoms with E-state index in [1.54, 1.807) is 25.2 Å². The lowest BCUT2D eigenvalue weighted by atomic mass is 10.3. The maximum absolute atomic E-state index is 11.2. The van der Waals surface area contributed by atoms with Crippen LogP contribution in [0.2, 0.25) is 0 Å². The molecule has 1 aromatic carbocycles. The molecule has 0 aliphatic carbocycles. The minimum Gasteiger partial charge on any atom is -0.506 e. The fourth-order valence-electron chi connectivity index (χ4n) is 1.25. The van der Waals surface area contributed by atoms with Crippen molar-refractivity contribution in [3.63, 3.8) is 0 Å². The van der Waals surface area contributed by atoms with Gasteiger partial charge in [-0.05, 0) is 12.1 Å². The Bertz CT molecular complexity index is 516. The predicted octanol–water partition coefficient (Wildman–Crippen LogP) is 0.639. The summed E-state index contributed by atoms with van der Waals surface area (Å²) in [5.74, 6) is 0.0908. The van der Waals surface area contributed by atoms with Gasteiger partial charge in [-0.1, -0.05) is 6.07 Å². The van der Waals surface area contributed by atoms with E-state index in [1.807, 2.05) is 0 Å². The van der Waals surface area contributed by atoms with E-state index in [9.17, 15) is 9.90 Å². The van der Waals surface area contributed by atoms with Crippen LogP contribution in [-0.2, 0) is 7.05 Å². The van der Waals surface area contributed by atoms with Crippen LogP contribution in [0.1, 0.15) is 0 Å². The normalized spacial score (nSPS) is 10.5. The van der Waals surface area contributed by atoms with Crippen LogP contribution in [0.15, 0.2) is 29.2 Å². The van der Waals surface area contributed by atoms with Crippen LogP contribution in [0.3, 0.4) is 0 Å². The number of rotatable bonds is 0. The second kappa shape index (κ2) is 2.58. The molecule has 1 N–H and O–H groups in total. The highest BCUT2D eigenvalue weighted by Crippen LogP contribution is 2.19. The number of phenolic OH excluding ortho intramolecular Hbond substituents is 1. The zero-order valence-corrected chi connectivity index (χ0v) is 7.06. The molecule has 13 heavy (non-hydrogen) atoms. The van der Waals surface area contributed by atoms with Gasteiger partial charge in [-0.2, -0.15) is 0 Å². The van der Waals surface area contributed by atoms with Gasteiger partial charge in [0.2, 0.25) is 0 Å². The lowest BCUT2D eigenvalue weighted by molar-refractivity contribution is 0.480. The molecule has 0 saturated heterocycles. The molecule has 0 amide bonds. The van der Waals surface area contributed by atoms with Crippen molar-refractivity contribution in [3.8, 4) is 5.75 Å². The third-order valence-electron chi connectivity index (χ3n) is 1.99. The van der Waals surface area contributed by atoms with Gasteiger partial charge in [0.1, 0.15) is 11.3 Å². The molecule has 0 atom stereocenters. The molecule has 4 nitrogen and oxygen atoms in total. The Morgan fingerprint density at radius 3 is 3.00 bits per heavy atom. The first-order valence-corrected chi connectivity index (χ1v) is 3.84. The maximum atomic E-state index is 11.2. The van der Waals surface area contributed by atoms with Gasteiger partial charge < -0.3 is 9.67 Å². The van der Waals surface area contributed by atoms with Gasteiger partial charge in [0.05, 0.1) is 11.7 Å². The van der Waals surface area contributed by atoms with E-state index in [0.717, 1.165) is 0 Å². The standard InChI is InChI=1S/C9H8N2O2/c1-11-6-3-2-4-7(12)9(6)10-5-8(11)13/h2-5,12H,1H3. The molecule has 66 valence electrons. The number of para-hydroxylation sites is 1. The van der Waals surface area contributed by atoms with Gasteiger partial charge in [0.15, 0.2) is 0 Å². The Balaban J connectivity index is 3.03. The molecule has 0 bridgehead atoms. The fraction of sp³-hybridized carbons (Fsp3) is 0.111. The number of nitrogens with zero attached hydrogens (tertiary/aromatic N) is 2. The highest BCUT2D eigenvalue weighted by Gasteiger charge is 2.03. The van der Waals surface area contributed by atoms with Crippen LogP contribution in [0.4, 0.5) is 0 Å². The number of hydrogen-bond donors (Lipinski definition) is 1. The second-order valence-electron chi connectivity index (χ2n) is 2.80. The minimum absolute atomic E-state index is 0.0908. The third kappa shape index (κ3) is 1.07. The Hall–Kier alpha value is -1.84. The van der Waals surface area contributed by atoms with E-state index in [-0.39, 0.29) is 11.3 Å². The topological polar surface area (TPSA) is 55.1 Å². The van der Waals surface area contributed by atoms with Gasteiger partial charge >= 0.3 is 0 Å². The molecule has 0 saturated carbocycles. The van der Waals surface area contributed by atoms with E-state index in [4.69, 9.17) is 0 Å². The minimum atomic E-state index is -0.182. The fourth-order valence-corrected chi connectivity index (χ4v) is 1.25. The van der Waals surface area contributed by atoms with Gasteiger partial charge in [0.25, 0.3) is 5.56 Å². The summed E-state index contributed by atoms with van der Waals surface area (Å²) < 4.78 is 1.45. The zero-order valence-electron chi connectivity index (χ0n) is 7.06. The molecule has 0 fully saturated rings. The first kappa shape index (κ1) is 7.79. The summed E-state index contributed by atoms with van der Waals surface area (Å²) in [5.41, 5.74) is 0.898. The summed E-state index contributed by atoms with van der Waals surface area (Å²) in [6, 6.07) is 4.96. The van der Waals surface area contributed by atoms with Crippen molar-refractivity contribution in [2.45, 2.75) is 0 Å². The van der Waals surface area contributed by atoms with Crippen LogP contribution >= 0.6 is 0 Å². The number of hydrogen-bond acceptors (Lipinski definition) is 3.